The molecule has 0 aliphatic carbocycles. The smallest absolute Gasteiger partial charge is 0.257 e. The van der Waals surface area contributed by atoms with Crippen LogP contribution in [0, 0.1) is 0 Å². The van der Waals surface area contributed by atoms with Crippen molar-refractivity contribution in [3.8, 4) is 0 Å². The first kappa shape index (κ1) is 22.9. The molecule has 6 heteroatoms. The van der Waals surface area contributed by atoms with Crippen LogP contribution in [0.15, 0.2) is 103 Å². The van der Waals surface area contributed by atoms with Crippen LogP contribution in [0.3, 0.4) is 0 Å². The number of ether oxygens (including phenoxy) is 1. The summed E-state index contributed by atoms with van der Waals surface area (Å²) < 4.78 is 5.81. The number of hydrogen-bond donors (Lipinski definition) is 2. The highest BCUT2D eigenvalue weighted by atomic mass is 16.5. The predicted octanol–water partition coefficient (Wildman–Crippen LogP) is 4.98. The molecular formula is C28H25N3O3. The van der Waals surface area contributed by atoms with Crippen LogP contribution in [0.1, 0.15) is 37.4 Å². The number of nitrogens with one attached hydrogen (secondary N) is 2. The quantitative estimate of drug-likeness (QED) is 0.376. The summed E-state index contributed by atoms with van der Waals surface area (Å²) in [6, 6.07) is 28.2. The van der Waals surface area contributed by atoms with Gasteiger partial charge in [-0.15, -0.1) is 0 Å². The lowest BCUT2D eigenvalue weighted by Crippen LogP contribution is -2.23. The number of rotatable bonds is 9. The lowest BCUT2D eigenvalue weighted by Gasteiger charge is -2.10. The molecule has 2 N–H and O–H groups in total. The van der Waals surface area contributed by atoms with Gasteiger partial charge in [-0.2, -0.15) is 0 Å². The van der Waals surface area contributed by atoms with E-state index in [4.69, 9.17) is 4.74 Å². The first-order valence-corrected chi connectivity index (χ1v) is 11.0. The molecule has 0 fully saturated rings. The minimum atomic E-state index is -0.281. The van der Waals surface area contributed by atoms with Gasteiger partial charge in [-0.25, -0.2) is 0 Å². The van der Waals surface area contributed by atoms with Gasteiger partial charge < -0.3 is 15.4 Å². The Morgan fingerprint density at radius 2 is 1.44 bits per heavy atom. The fourth-order valence-electron chi connectivity index (χ4n) is 3.41. The third-order valence-corrected chi connectivity index (χ3v) is 5.13. The van der Waals surface area contributed by atoms with Gasteiger partial charge in [0.05, 0.1) is 18.8 Å². The second kappa shape index (κ2) is 11.5. The number of anilines is 1. The zero-order valence-electron chi connectivity index (χ0n) is 18.6. The van der Waals surface area contributed by atoms with Crippen LogP contribution in [0.2, 0.25) is 0 Å². The van der Waals surface area contributed by atoms with Gasteiger partial charge in [-0.1, -0.05) is 60.7 Å². The minimum absolute atomic E-state index is 0.219. The van der Waals surface area contributed by atoms with E-state index in [9.17, 15) is 9.59 Å². The summed E-state index contributed by atoms with van der Waals surface area (Å²) in [4.78, 5) is 29.0. The molecule has 4 rings (SSSR count). The van der Waals surface area contributed by atoms with Crippen LogP contribution in [0.5, 0.6) is 0 Å². The molecule has 34 heavy (non-hydrogen) atoms. The van der Waals surface area contributed by atoms with E-state index in [1.165, 1.54) is 6.20 Å². The van der Waals surface area contributed by atoms with E-state index in [2.05, 4.69) is 15.6 Å². The van der Waals surface area contributed by atoms with Crippen molar-refractivity contribution in [2.24, 2.45) is 0 Å². The van der Waals surface area contributed by atoms with E-state index in [1.807, 2.05) is 54.6 Å². The maximum absolute atomic E-state index is 12.7. The molecule has 1 aromatic heterocycles. The summed E-state index contributed by atoms with van der Waals surface area (Å²) in [5.74, 6) is -0.500. The number of pyridine rings is 1. The number of carbonyl (C=O) groups is 2. The van der Waals surface area contributed by atoms with Gasteiger partial charge in [-0.05, 0) is 47.0 Å². The summed E-state index contributed by atoms with van der Waals surface area (Å²) in [6.45, 7) is 1.43. The van der Waals surface area contributed by atoms with E-state index in [0.29, 0.717) is 36.6 Å². The van der Waals surface area contributed by atoms with Gasteiger partial charge in [0.15, 0.2) is 0 Å². The molecule has 0 bridgehead atoms. The number of carbonyl (C=O) groups excluding carboxylic acids is 2. The molecule has 1 heterocycles. The van der Waals surface area contributed by atoms with Crippen molar-refractivity contribution in [2.45, 2.75) is 19.8 Å². The molecule has 2 amide bonds. The third-order valence-electron chi connectivity index (χ3n) is 5.13. The Hall–Kier alpha value is -4.29. The van der Waals surface area contributed by atoms with E-state index in [1.54, 1.807) is 42.6 Å². The fourth-order valence-corrected chi connectivity index (χ4v) is 3.41. The molecule has 3 aromatic carbocycles. The normalized spacial score (nSPS) is 10.5. The van der Waals surface area contributed by atoms with Crippen LogP contribution in [-0.2, 0) is 24.5 Å². The van der Waals surface area contributed by atoms with E-state index in [0.717, 1.165) is 16.7 Å². The molecular weight excluding hydrogens is 426 g/mol. The molecule has 170 valence electrons. The molecule has 0 radical (unpaired) electrons. The van der Waals surface area contributed by atoms with Crippen LogP contribution in [0.25, 0.3) is 0 Å². The van der Waals surface area contributed by atoms with Gasteiger partial charge in [0.1, 0.15) is 0 Å². The summed E-state index contributed by atoms with van der Waals surface area (Å²) >= 11 is 0. The second-order valence-corrected chi connectivity index (χ2v) is 7.76. The Labute approximate surface area is 198 Å². The number of hydrogen-bond acceptors (Lipinski definition) is 4. The number of amides is 2. The van der Waals surface area contributed by atoms with Crippen LogP contribution < -0.4 is 10.6 Å². The molecule has 0 aliphatic heterocycles. The van der Waals surface area contributed by atoms with Crippen molar-refractivity contribution in [1.29, 1.82) is 0 Å². The molecule has 6 nitrogen and oxygen atoms in total. The zero-order valence-corrected chi connectivity index (χ0v) is 18.6. The molecule has 0 aliphatic rings. The SMILES string of the molecule is O=C(NCc1cccc(COCc2ccccc2)c1)c1cccc(NC(=O)c2cccnc2)c1. The first-order chi connectivity index (χ1) is 16.7. The lowest BCUT2D eigenvalue weighted by atomic mass is 10.1. The number of aromatic nitrogens is 1. The Morgan fingerprint density at radius 3 is 2.26 bits per heavy atom. The maximum atomic E-state index is 12.7. The summed E-state index contributed by atoms with van der Waals surface area (Å²) in [6.07, 6.45) is 3.10. The Bertz CT molecular complexity index is 1240. The van der Waals surface area contributed by atoms with Gasteiger partial charge in [0.25, 0.3) is 11.8 Å². The maximum Gasteiger partial charge on any atom is 0.257 e. The van der Waals surface area contributed by atoms with Crippen molar-refractivity contribution in [3.63, 3.8) is 0 Å². The first-order valence-electron chi connectivity index (χ1n) is 11.0. The number of benzene rings is 3. The van der Waals surface area contributed by atoms with Gasteiger partial charge in [-0.3, -0.25) is 14.6 Å². The van der Waals surface area contributed by atoms with Crippen molar-refractivity contribution in [1.82, 2.24) is 10.3 Å². The van der Waals surface area contributed by atoms with Crippen molar-refractivity contribution in [2.75, 3.05) is 5.32 Å². The largest absolute Gasteiger partial charge is 0.372 e. The lowest BCUT2D eigenvalue weighted by molar-refractivity contribution is 0.0949. The molecule has 0 atom stereocenters. The molecule has 0 saturated carbocycles. The topological polar surface area (TPSA) is 80.3 Å². The second-order valence-electron chi connectivity index (χ2n) is 7.76. The standard InChI is InChI=1S/C28H25N3O3/c32-27(24-11-5-13-26(16-24)31-28(33)25-12-6-14-29-18-25)30-17-22-9-4-10-23(15-22)20-34-19-21-7-2-1-3-8-21/h1-16,18H,17,19-20H2,(H,30,32)(H,31,33). The van der Waals surface area contributed by atoms with E-state index in [-0.39, 0.29) is 11.8 Å². The zero-order chi connectivity index (χ0) is 23.6. The van der Waals surface area contributed by atoms with Gasteiger partial charge in [0.2, 0.25) is 0 Å². The van der Waals surface area contributed by atoms with Crippen molar-refractivity contribution < 1.29 is 14.3 Å². The van der Waals surface area contributed by atoms with Gasteiger partial charge >= 0.3 is 0 Å². The average Bonchev–Trinajstić information content (AvgIpc) is 2.89. The molecule has 0 unspecified atom stereocenters. The molecule has 0 saturated heterocycles. The Balaban J connectivity index is 1.30. The Morgan fingerprint density at radius 1 is 0.706 bits per heavy atom. The summed E-state index contributed by atoms with van der Waals surface area (Å²) in [5, 5.41) is 5.73. The summed E-state index contributed by atoms with van der Waals surface area (Å²) in [5.41, 5.74) is 4.61. The highest BCUT2D eigenvalue weighted by molar-refractivity contribution is 6.04. The van der Waals surface area contributed by atoms with Crippen molar-refractivity contribution in [3.05, 3.63) is 131 Å². The fraction of sp³-hybridized carbons (Fsp3) is 0.107. The third kappa shape index (κ3) is 6.60. The molecule has 4 aromatic rings. The van der Waals surface area contributed by atoms with Crippen molar-refractivity contribution >= 4 is 17.5 Å². The highest BCUT2D eigenvalue weighted by Gasteiger charge is 2.10. The Kier molecular flexibility index (Phi) is 7.77. The monoisotopic (exact) mass is 451 g/mol. The highest BCUT2D eigenvalue weighted by Crippen LogP contribution is 2.13. The van der Waals surface area contributed by atoms with Crippen LogP contribution in [0.4, 0.5) is 5.69 Å². The number of nitrogens with zero attached hydrogens (tertiary/aromatic N) is 1. The van der Waals surface area contributed by atoms with Gasteiger partial charge in [0, 0.05) is 30.2 Å². The predicted molar refractivity (Wildman–Crippen MR) is 131 cm³/mol. The molecule has 0 spiro atoms. The van der Waals surface area contributed by atoms with E-state index < -0.39 is 0 Å². The van der Waals surface area contributed by atoms with Crippen LogP contribution in [-0.4, -0.2) is 16.8 Å². The van der Waals surface area contributed by atoms with E-state index >= 15 is 0 Å². The minimum Gasteiger partial charge on any atom is -0.372 e. The average molecular weight is 452 g/mol. The van der Waals surface area contributed by atoms with Crippen LogP contribution >= 0.6 is 0 Å². The summed E-state index contributed by atoms with van der Waals surface area (Å²) in [7, 11) is 0.